The third-order valence-electron chi connectivity index (χ3n) is 2.91. The topological polar surface area (TPSA) is 68.0 Å². The van der Waals surface area contributed by atoms with Crippen LogP contribution in [0.15, 0.2) is 51.4 Å². The number of rotatable bonds is 3. The monoisotopic (exact) mass is 379 g/mol. The smallest absolute Gasteiger partial charge is 0.322 e. The van der Waals surface area contributed by atoms with Crippen LogP contribution in [0.1, 0.15) is 10.4 Å². The van der Waals surface area contributed by atoms with Crippen molar-refractivity contribution in [2.75, 3.05) is 5.32 Å². The molecule has 0 saturated carbocycles. The molecule has 23 heavy (non-hydrogen) atoms. The normalized spacial score (nSPS) is 10.6. The number of nitrogens with zero attached hydrogens (tertiary/aromatic N) is 2. The molecule has 1 heterocycles. The third-order valence-corrected chi connectivity index (χ3v) is 3.40. The molecular formula is C15H8BrF2N3O2. The van der Waals surface area contributed by atoms with Crippen molar-refractivity contribution in [3.05, 3.63) is 64.1 Å². The maximum Gasteiger partial charge on any atom is 0.322 e. The molecule has 0 aliphatic carbocycles. The maximum atomic E-state index is 13.5. The lowest BCUT2D eigenvalue weighted by Gasteiger charge is -2.03. The van der Waals surface area contributed by atoms with Gasteiger partial charge in [0.25, 0.3) is 5.91 Å². The maximum absolute atomic E-state index is 13.5. The number of amides is 1. The Kier molecular flexibility index (Phi) is 4.16. The van der Waals surface area contributed by atoms with E-state index in [1.54, 1.807) is 18.2 Å². The summed E-state index contributed by atoms with van der Waals surface area (Å²) in [7, 11) is 0. The molecule has 3 aromatic rings. The zero-order valence-corrected chi connectivity index (χ0v) is 13.0. The second kappa shape index (κ2) is 6.25. The van der Waals surface area contributed by atoms with Crippen LogP contribution in [-0.4, -0.2) is 16.1 Å². The number of halogens is 3. The first kappa shape index (κ1) is 15.3. The van der Waals surface area contributed by atoms with E-state index in [9.17, 15) is 13.6 Å². The molecule has 0 aliphatic heterocycles. The zero-order valence-electron chi connectivity index (χ0n) is 11.4. The highest BCUT2D eigenvalue weighted by molar-refractivity contribution is 9.10. The van der Waals surface area contributed by atoms with Gasteiger partial charge in [-0.3, -0.25) is 10.1 Å². The van der Waals surface area contributed by atoms with Gasteiger partial charge in [-0.25, -0.2) is 8.78 Å². The molecule has 0 fully saturated rings. The summed E-state index contributed by atoms with van der Waals surface area (Å²) >= 11 is 3.31. The molecule has 3 rings (SSSR count). The van der Waals surface area contributed by atoms with Crippen LogP contribution in [0.5, 0.6) is 0 Å². The number of hydrogen-bond acceptors (Lipinski definition) is 4. The van der Waals surface area contributed by atoms with E-state index < -0.39 is 23.1 Å². The Labute approximate surface area is 137 Å². The van der Waals surface area contributed by atoms with Gasteiger partial charge >= 0.3 is 6.01 Å². The predicted molar refractivity (Wildman–Crippen MR) is 81.7 cm³/mol. The molecule has 0 radical (unpaired) electrons. The quantitative estimate of drug-likeness (QED) is 0.745. The van der Waals surface area contributed by atoms with E-state index in [0.717, 1.165) is 16.6 Å². The molecule has 1 N–H and O–H groups in total. The minimum absolute atomic E-state index is 0.163. The van der Waals surface area contributed by atoms with Crippen molar-refractivity contribution in [2.45, 2.75) is 0 Å². The van der Waals surface area contributed by atoms with Crippen molar-refractivity contribution < 1.29 is 18.0 Å². The Hall–Kier alpha value is -2.61. The molecule has 116 valence electrons. The Bertz CT molecular complexity index is 862. The molecule has 5 nitrogen and oxygen atoms in total. The van der Waals surface area contributed by atoms with Gasteiger partial charge in [-0.1, -0.05) is 33.2 Å². The Balaban J connectivity index is 1.83. The summed E-state index contributed by atoms with van der Waals surface area (Å²) < 4.78 is 33.2. The summed E-state index contributed by atoms with van der Waals surface area (Å²) in [5.74, 6) is -2.80. The summed E-state index contributed by atoms with van der Waals surface area (Å²) in [4.78, 5) is 11.9. The molecule has 8 heteroatoms. The lowest BCUT2D eigenvalue weighted by Crippen LogP contribution is -2.16. The number of carbonyl (C=O) groups excluding carboxylic acids is 1. The Morgan fingerprint density at radius 2 is 1.78 bits per heavy atom. The standard InChI is InChI=1S/C15H8BrF2N3O2/c16-9-4-1-3-8(7-9)14-20-21-15(23-14)19-13(22)12-10(17)5-2-6-11(12)18/h1-7H,(H,19,21,22). The molecular weight excluding hydrogens is 372 g/mol. The number of nitrogens with one attached hydrogen (secondary N) is 1. The second-order valence-corrected chi connectivity index (χ2v) is 5.39. The van der Waals surface area contributed by atoms with Crippen molar-refractivity contribution in [1.82, 2.24) is 10.2 Å². The highest BCUT2D eigenvalue weighted by Gasteiger charge is 2.19. The van der Waals surface area contributed by atoms with Crippen LogP contribution < -0.4 is 5.32 Å². The predicted octanol–water partition coefficient (Wildman–Crippen LogP) is 4.03. The first-order valence-corrected chi connectivity index (χ1v) is 7.18. The molecule has 2 aromatic carbocycles. The third kappa shape index (κ3) is 3.26. The fourth-order valence-corrected chi connectivity index (χ4v) is 2.29. The van der Waals surface area contributed by atoms with E-state index in [2.05, 4.69) is 31.4 Å². The van der Waals surface area contributed by atoms with Crippen LogP contribution >= 0.6 is 15.9 Å². The van der Waals surface area contributed by atoms with Crippen LogP contribution in [0.3, 0.4) is 0 Å². The van der Waals surface area contributed by atoms with E-state index >= 15 is 0 Å². The number of aromatic nitrogens is 2. The van der Waals surface area contributed by atoms with Crippen LogP contribution in [0.2, 0.25) is 0 Å². The van der Waals surface area contributed by atoms with Gasteiger partial charge in [0.15, 0.2) is 0 Å². The summed E-state index contributed by atoms with van der Waals surface area (Å²) in [5, 5.41) is 9.59. The van der Waals surface area contributed by atoms with E-state index in [4.69, 9.17) is 4.42 Å². The lowest BCUT2D eigenvalue weighted by atomic mass is 10.2. The summed E-state index contributed by atoms with van der Waals surface area (Å²) in [5.41, 5.74) is -0.0841. The molecule has 0 unspecified atom stereocenters. The van der Waals surface area contributed by atoms with Crippen LogP contribution in [0, 0.1) is 11.6 Å². The van der Waals surface area contributed by atoms with Crippen LogP contribution in [0.25, 0.3) is 11.5 Å². The van der Waals surface area contributed by atoms with Gasteiger partial charge in [0.1, 0.15) is 17.2 Å². The summed E-state index contributed by atoms with van der Waals surface area (Å²) in [6, 6.07) is 9.96. The first-order chi connectivity index (χ1) is 11.0. The van der Waals surface area contributed by atoms with Crippen molar-refractivity contribution in [3.63, 3.8) is 0 Å². The Morgan fingerprint density at radius 3 is 2.48 bits per heavy atom. The molecule has 0 atom stereocenters. The van der Waals surface area contributed by atoms with Gasteiger partial charge in [-0.15, -0.1) is 5.10 Å². The number of carbonyl (C=O) groups is 1. The van der Waals surface area contributed by atoms with Gasteiger partial charge in [0.2, 0.25) is 5.89 Å². The molecule has 1 aromatic heterocycles. The van der Waals surface area contributed by atoms with Crippen molar-refractivity contribution in [2.24, 2.45) is 0 Å². The van der Waals surface area contributed by atoms with Crippen molar-refractivity contribution in [3.8, 4) is 11.5 Å². The van der Waals surface area contributed by atoms with Crippen LogP contribution in [-0.2, 0) is 0 Å². The Morgan fingerprint density at radius 1 is 1.09 bits per heavy atom. The average molecular weight is 380 g/mol. The highest BCUT2D eigenvalue weighted by atomic mass is 79.9. The summed E-state index contributed by atoms with van der Waals surface area (Å²) in [6.07, 6.45) is 0. The van der Waals surface area contributed by atoms with E-state index in [0.29, 0.717) is 5.56 Å². The van der Waals surface area contributed by atoms with Crippen LogP contribution in [0.4, 0.5) is 14.8 Å². The van der Waals surface area contributed by atoms with Crippen molar-refractivity contribution in [1.29, 1.82) is 0 Å². The van der Waals surface area contributed by atoms with Gasteiger partial charge in [0.05, 0.1) is 0 Å². The fourth-order valence-electron chi connectivity index (χ4n) is 1.89. The van der Waals surface area contributed by atoms with Gasteiger partial charge in [-0.05, 0) is 30.3 Å². The van der Waals surface area contributed by atoms with Gasteiger partial charge < -0.3 is 4.42 Å². The van der Waals surface area contributed by atoms with Crippen molar-refractivity contribution >= 4 is 27.9 Å². The van der Waals surface area contributed by atoms with E-state index in [1.807, 2.05) is 6.07 Å². The van der Waals surface area contributed by atoms with Gasteiger partial charge in [-0.2, -0.15) is 0 Å². The van der Waals surface area contributed by atoms with E-state index in [1.165, 1.54) is 6.07 Å². The number of hydrogen-bond donors (Lipinski definition) is 1. The highest BCUT2D eigenvalue weighted by Crippen LogP contribution is 2.23. The lowest BCUT2D eigenvalue weighted by molar-refractivity contribution is 0.101. The summed E-state index contributed by atoms with van der Waals surface area (Å²) in [6.45, 7) is 0. The van der Waals surface area contributed by atoms with E-state index in [-0.39, 0.29) is 11.9 Å². The number of anilines is 1. The molecule has 0 spiro atoms. The fraction of sp³-hybridized carbons (Fsp3) is 0. The van der Waals surface area contributed by atoms with Gasteiger partial charge in [0, 0.05) is 10.0 Å². The molecule has 0 aliphatic rings. The number of benzene rings is 2. The molecule has 1 amide bonds. The molecule has 0 saturated heterocycles. The molecule has 0 bridgehead atoms. The first-order valence-electron chi connectivity index (χ1n) is 6.39. The largest absolute Gasteiger partial charge is 0.403 e. The zero-order chi connectivity index (χ0) is 16.4. The SMILES string of the molecule is O=C(Nc1nnc(-c2cccc(Br)c2)o1)c1c(F)cccc1F. The minimum Gasteiger partial charge on any atom is -0.403 e. The second-order valence-electron chi connectivity index (χ2n) is 4.47. The average Bonchev–Trinajstić information content (AvgIpc) is 2.95. The minimum atomic E-state index is -1.01.